The number of anilines is 1. The van der Waals surface area contributed by atoms with Crippen LogP contribution in [0.25, 0.3) is 10.9 Å². The van der Waals surface area contributed by atoms with Crippen LogP contribution < -0.4 is 10.6 Å². The third-order valence-electron chi connectivity index (χ3n) is 3.23. The lowest BCUT2D eigenvalue weighted by molar-refractivity contribution is 0.202. The molecule has 0 bridgehead atoms. The van der Waals surface area contributed by atoms with Crippen molar-refractivity contribution in [1.29, 1.82) is 5.41 Å². The predicted molar refractivity (Wildman–Crippen MR) is 83.9 cm³/mol. The molecule has 0 atom stereocenters. The van der Waals surface area contributed by atoms with Gasteiger partial charge in [0.15, 0.2) is 0 Å². The summed E-state index contributed by atoms with van der Waals surface area (Å²) >= 11 is 0. The summed E-state index contributed by atoms with van der Waals surface area (Å²) < 4.78 is 5.09. The number of para-hydroxylation sites is 1. The molecule has 0 spiro atoms. The first-order valence-corrected chi connectivity index (χ1v) is 6.76. The monoisotopic (exact) mass is 288 g/mol. The quantitative estimate of drug-likeness (QED) is 0.521. The van der Waals surface area contributed by atoms with Crippen LogP contribution >= 0.6 is 0 Å². The third kappa shape index (κ3) is 3.48. The lowest BCUT2D eigenvalue weighted by Crippen LogP contribution is -2.33. The van der Waals surface area contributed by atoms with Gasteiger partial charge in [-0.15, -0.1) is 0 Å². The zero-order valence-corrected chi connectivity index (χ0v) is 12.0. The number of nitrogens with one attached hydrogen (secondary N) is 1. The van der Waals surface area contributed by atoms with Gasteiger partial charge in [-0.3, -0.25) is 5.41 Å². The molecule has 2 aromatic rings. The van der Waals surface area contributed by atoms with Crippen molar-refractivity contribution in [1.82, 2.24) is 4.98 Å². The number of ether oxygens (including phenoxy) is 1. The molecule has 0 aliphatic heterocycles. The van der Waals surface area contributed by atoms with E-state index in [9.17, 15) is 5.11 Å². The Hall–Kier alpha value is -2.18. The van der Waals surface area contributed by atoms with Crippen LogP contribution in [0.4, 0.5) is 5.82 Å². The number of nitrogens with two attached hydrogens (primary N) is 1. The molecule has 0 unspecified atom stereocenters. The minimum Gasteiger partial charge on any atom is -0.395 e. The minimum absolute atomic E-state index is 0.00440. The van der Waals surface area contributed by atoms with E-state index in [1.807, 2.05) is 35.2 Å². The van der Waals surface area contributed by atoms with Crippen LogP contribution in [-0.4, -0.2) is 49.3 Å². The van der Waals surface area contributed by atoms with Crippen molar-refractivity contribution in [2.24, 2.45) is 5.73 Å². The van der Waals surface area contributed by atoms with E-state index in [0.717, 1.165) is 10.9 Å². The number of pyridine rings is 1. The van der Waals surface area contributed by atoms with Gasteiger partial charge in [-0.1, -0.05) is 18.2 Å². The van der Waals surface area contributed by atoms with Crippen molar-refractivity contribution < 1.29 is 9.84 Å². The van der Waals surface area contributed by atoms with Gasteiger partial charge >= 0.3 is 0 Å². The second-order valence-corrected chi connectivity index (χ2v) is 4.67. The van der Waals surface area contributed by atoms with Crippen LogP contribution in [0.5, 0.6) is 0 Å². The van der Waals surface area contributed by atoms with Crippen LogP contribution in [-0.2, 0) is 4.74 Å². The van der Waals surface area contributed by atoms with Gasteiger partial charge in [-0.25, -0.2) is 4.98 Å². The highest BCUT2D eigenvalue weighted by molar-refractivity contribution is 6.03. The molecule has 6 heteroatoms. The minimum atomic E-state index is -0.0383. The van der Waals surface area contributed by atoms with E-state index in [0.29, 0.717) is 31.1 Å². The van der Waals surface area contributed by atoms with Crippen molar-refractivity contribution in [3.05, 3.63) is 35.9 Å². The van der Waals surface area contributed by atoms with E-state index < -0.39 is 0 Å². The van der Waals surface area contributed by atoms with Crippen LogP contribution in [0.15, 0.2) is 30.3 Å². The molecular weight excluding hydrogens is 268 g/mol. The van der Waals surface area contributed by atoms with E-state index in [4.69, 9.17) is 15.9 Å². The van der Waals surface area contributed by atoms with Gasteiger partial charge in [0, 0.05) is 25.6 Å². The number of rotatable bonds is 7. The van der Waals surface area contributed by atoms with E-state index in [1.165, 1.54) is 0 Å². The number of fused-ring (bicyclic) bond motifs is 1. The Labute approximate surface area is 123 Å². The standard InChI is InChI=1S/C15H20N4O2/c1-21-9-7-19(6-8-20)15-12(14(16)17)10-11-4-2-3-5-13(11)18-15/h2-5,10,20H,6-9H2,1H3,(H3,16,17). The molecule has 4 N–H and O–H groups in total. The van der Waals surface area contributed by atoms with Gasteiger partial charge in [0.2, 0.25) is 0 Å². The molecule has 1 heterocycles. The summed E-state index contributed by atoms with van der Waals surface area (Å²) in [5, 5.41) is 17.9. The van der Waals surface area contributed by atoms with Crippen molar-refractivity contribution in [2.75, 3.05) is 38.3 Å². The lowest BCUT2D eigenvalue weighted by atomic mass is 10.1. The van der Waals surface area contributed by atoms with Crippen molar-refractivity contribution in [2.45, 2.75) is 0 Å². The predicted octanol–water partition coefficient (Wildman–Crippen LogP) is 0.964. The number of aromatic nitrogens is 1. The molecule has 112 valence electrons. The number of nitrogens with zero attached hydrogens (tertiary/aromatic N) is 2. The molecule has 0 aliphatic carbocycles. The summed E-state index contributed by atoms with van der Waals surface area (Å²) in [5.41, 5.74) is 7.09. The molecule has 0 fully saturated rings. The van der Waals surface area contributed by atoms with Gasteiger partial charge in [0.1, 0.15) is 11.7 Å². The maximum atomic E-state index is 9.24. The first-order chi connectivity index (χ1) is 10.2. The summed E-state index contributed by atoms with van der Waals surface area (Å²) in [6.45, 7) is 1.49. The molecule has 0 saturated carbocycles. The van der Waals surface area contributed by atoms with Gasteiger partial charge in [-0.05, 0) is 12.1 Å². The second-order valence-electron chi connectivity index (χ2n) is 4.67. The highest BCUT2D eigenvalue weighted by Gasteiger charge is 2.16. The van der Waals surface area contributed by atoms with Gasteiger partial charge < -0.3 is 20.5 Å². The molecular formula is C15H20N4O2. The smallest absolute Gasteiger partial charge is 0.140 e. The van der Waals surface area contributed by atoms with Crippen molar-refractivity contribution in [3.63, 3.8) is 0 Å². The maximum absolute atomic E-state index is 9.24. The largest absolute Gasteiger partial charge is 0.395 e. The number of nitrogen functional groups attached to an aromatic ring is 1. The highest BCUT2D eigenvalue weighted by atomic mass is 16.5. The fourth-order valence-corrected chi connectivity index (χ4v) is 2.19. The summed E-state index contributed by atoms with van der Waals surface area (Å²) in [6, 6.07) is 9.54. The number of amidine groups is 1. The Bertz CT molecular complexity index is 630. The Morgan fingerprint density at radius 3 is 2.81 bits per heavy atom. The average molecular weight is 288 g/mol. The first-order valence-electron chi connectivity index (χ1n) is 6.76. The third-order valence-corrected chi connectivity index (χ3v) is 3.23. The first kappa shape index (κ1) is 15.2. The Morgan fingerprint density at radius 1 is 1.38 bits per heavy atom. The van der Waals surface area contributed by atoms with Crippen LogP contribution in [0, 0.1) is 5.41 Å². The summed E-state index contributed by atoms with van der Waals surface area (Å²) in [4.78, 5) is 6.49. The normalized spacial score (nSPS) is 10.8. The average Bonchev–Trinajstić information content (AvgIpc) is 2.50. The maximum Gasteiger partial charge on any atom is 0.140 e. The number of hydrogen-bond acceptors (Lipinski definition) is 5. The summed E-state index contributed by atoms with van der Waals surface area (Å²) in [6.07, 6.45) is 0. The van der Waals surface area contributed by atoms with E-state index in [1.54, 1.807) is 7.11 Å². The fraction of sp³-hybridized carbons (Fsp3) is 0.333. The van der Waals surface area contributed by atoms with Crippen LogP contribution in [0.1, 0.15) is 5.56 Å². The zero-order chi connectivity index (χ0) is 15.2. The number of aliphatic hydroxyl groups excluding tert-OH is 1. The molecule has 21 heavy (non-hydrogen) atoms. The number of benzene rings is 1. The summed E-state index contributed by atoms with van der Waals surface area (Å²) in [5.74, 6) is 0.566. The van der Waals surface area contributed by atoms with Crippen LogP contribution in [0.3, 0.4) is 0 Å². The zero-order valence-electron chi connectivity index (χ0n) is 12.0. The molecule has 1 aromatic carbocycles. The molecule has 2 rings (SSSR count). The van der Waals surface area contributed by atoms with E-state index in [2.05, 4.69) is 4.98 Å². The van der Waals surface area contributed by atoms with Gasteiger partial charge in [0.25, 0.3) is 0 Å². The SMILES string of the molecule is COCCN(CCO)c1nc2ccccc2cc1C(=N)N. The fourth-order valence-electron chi connectivity index (χ4n) is 2.19. The number of hydrogen-bond donors (Lipinski definition) is 3. The number of methoxy groups -OCH3 is 1. The summed E-state index contributed by atoms with van der Waals surface area (Å²) in [7, 11) is 1.62. The van der Waals surface area contributed by atoms with E-state index in [-0.39, 0.29) is 12.4 Å². The topological polar surface area (TPSA) is 95.5 Å². The highest BCUT2D eigenvalue weighted by Crippen LogP contribution is 2.23. The van der Waals surface area contributed by atoms with Gasteiger partial charge in [-0.2, -0.15) is 0 Å². The molecule has 0 saturated heterocycles. The molecule has 0 amide bonds. The molecule has 0 radical (unpaired) electrons. The van der Waals surface area contributed by atoms with Crippen molar-refractivity contribution >= 4 is 22.6 Å². The Morgan fingerprint density at radius 2 is 2.14 bits per heavy atom. The van der Waals surface area contributed by atoms with Gasteiger partial charge in [0.05, 0.1) is 24.3 Å². The van der Waals surface area contributed by atoms with Crippen LogP contribution in [0.2, 0.25) is 0 Å². The second kappa shape index (κ2) is 7.01. The molecule has 1 aromatic heterocycles. The molecule has 6 nitrogen and oxygen atoms in total. The lowest BCUT2D eigenvalue weighted by Gasteiger charge is -2.25. The Kier molecular flexibility index (Phi) is 5.08. The Balaban J connectivity index is 2.51. The molecule has 0 aliphatic rings. The van der Waals surface area contributed by atoms with Crippen molar-refractivity contribution in [3.8, 4) is 0 Å². The van der Waals surface area contributed by atoms with E-state index >= 15 is 0 Å². The number of aliphatic hydroxyl groups is 1.